The number of hydrogen-bond donors (Lipinski definition) is 1. The van der Waals surface area contributed by atoms with Gasteiger partial charge in [0.05, 0.1) is 0 Å². The average molecular weight is 224 g/mol. The SMILES string of the molecule is CC1CCCCC1N1CC(C)(C)NCC1C. The molecule has 0 aromatic rings. The van der Waals surface area contributed by atoms with Gasteiger partial charge >= 0.3 is 0 Å². The van der Waals surface area contributed by atoms with Crippen molar-refractivity contribution in [2.45, 2.75) is 71.0 Å². The zero-order chi connectivity index (χ0) is 11.8. The maximum absolute atomic E-state index is 3.65. The van der Waals surface area contributed by atoms with E-state index in [-0.39, 0.29) is 0 Å². The summed E-state index contributed by atoms with van der Waals surface area (Å²) in [4.78, 5) is 2.78. The van der Waals surface area contributed by atoms with Crippen molar-refractivity contribution >= 4 is 0 Å². The molecule has 0 amide bonds. The number of piperazine rings is 1. The Morgan fingerprint density at radius 3 is 2.50 bits per heavy atom. The first-order valence-electron chi connectivity index (χ1n) is 7.00. The van der Waals surface area contributed by atoms with E-state index >= 15 is 0 Å². The molecule has 0 bridgehead atoms. The Bertz CT molecular complexity index is 237. The Balaban J connectivity index is 2.05. The monoisotopic (exact) mass is 224 g/mol. The number of rotatable bonds is 1. The molecule has 2 nitrogen and oxygen atoms in total. The first kappa shape index (κ1) is 12.4. The third-order valence-corrected chi connectivity index (χ3v) is 4.51. The zero-order valence-corrected chi connectivity index (χ0v) is 11.4. The van der Waals surface area contributed by atoms with Crippen LogP contribution >= 0.6 is 0 Å². The molecule has 1 saturated carbocycles. The molecule has 1 aliphatic carbocycles. The Morgan fingerprint density at radius 2 is 1.81 bits per heavy atom. The summed E-state index contributed by atoms with van der Waals surface area (Å²) < 4.78 is 0. The minimum absolute atomic E-state index is 0.295. The lowest BCUT2D eigenvalue weighted by Crippen LogP contribution is -2.64. The number of hydrogen-bond acceptors (Lipinski definition) is 2. The van der Waals surface area contributed by atoms with E-state index in [1.807, 2.05) is 0 Å². The second-order valence-corrected chi connectivity index (χ2v) is 6.62. The van der Waals surface area contributed by atoms with Crippen molar-refractivity contribution in [2.75, 3.05) is 13.1 Å². The van der Waals surface area contributed by atoms with Crippen LogP contribution in [0.15, 0.2) is 0 Å². The van der Waals surface area contributed by atoms with Crippen LogP contribution in [0.1, 0.15) is 53.4 Å². The minimum atomic E-state index is 0.295. The van der Waals surface area contributed by atoms with Gasteiger partial charge < -0.3 is 5.32 Å². The largest absolute Gasteiger partial charge is 0.309 e. The summed E-state index contributed by atoms with van der Waals surface area (Å²) in [6, 6.07) is 1.55. The third kappa shape index (κ3) is 2.60. The molecule has 1 heterocycles. The van der Waals surface area contributed by atoms with Crippen LogP contribution < -0.4 is 5.32 Å². The second-order valence-electron chi connectivity index (χ2n) is 6.62. The average Bonchev–Trinajstić information content (AvgIpc) is 2.23. The van der Waals surface area contributed by atoms with Gasteiger partial charge in [0.15, 0.2) is 0 Å². The molecule has 1 N–H and O–H groups in total. The first-order valence-corrected chi connectivity index (χ1v) is 7.00. The summed E-state index contributed by atoms with van der Waals surface area (Å²) in [6.07, 6.45) is 5.73. The third-order valence-electron chi connectivity index (χ3n) is 4.51. The lowest BCUT2D eigenvalue weighted by molar-refractivity contribution is 0.0226. The van der Waals surface area contributed by atoms with Crippen LogP contribution in [0.3, 0.4) is 0 Å². The van der Waals surface area contributed by atoms with Gasteiger partial charge in [-0.05, 0) is 39.5 Å². The van der Waals surface area contributed by atoms with E-state index in [9.17, 15) is 0 Å². The second kappa shape index (κ2) is 4.66. The predicted molar refractivity (Wildman–Crippen MR) is 69.7 cm³/mol. The van der Waals surface area contributed by atoms with Crippen molar-refractivity contribution in [3.05, 3.63) is 0 Å². The van der Waals surface area contributed by atoms with Gasteiger partial charge in [-0.15, -0.1) is 0 Å². The summed E-state index contributed by atoms with van der Waals surface area (Å²) in [7, 11) is 0. The smallest absolute Gasteiger partial charge is 0.0253 e. The maximum Gasteiger partial charge on any atom is 0.0253 e. The van der Waals surface area contributed by atoms with E-state index in [0.717, 1.165) is 18.5 Å². The number of nitrogens with zero attached hydrogens (tertiary/aromatic N) is 1. The van der Waals surface area contributed by atoms with E-state index in [0.29, 0.717) is 11.6 Å². The van der Waals surface area contributed by atoms with Gasteiger partial charge in [0.2, 0.25) is 0 Å². The van der Waals surface area contributed by atoms with Crippen molar-refractivity contribution < 1.29 is 0 Å². The van der Waals surface area contributed by atoms with Crippen LogP contribution in [0.4, 0.5) is 0 Å². The molecule has 3 atom stereocenters. The van der Waals surface area contributed by atoms with E-state index in [4.69, 9.17) is 0 Å². The Labute approximate surface area is 101 Å². The van der Waals surface area contributed by atoms with E-state index in [2.05, 4.69) is 37.9 Å². The normalized spacial score (nSPS) is 40.9. The summed E-state index contributed by atoms with van der Waals surface area (Å²) in [5, 5.41) is 3.65. The molecule has 0 spiro atoms. The zero-order valence-electron chi connectivity index (χ0n) is 11.4. The lowest BCUT2D eigenvalue weighted by Gasteiger charge is -2.49. The van der Waals surface area contributed by atoms with Crippen molar-refractivity contribution in [1.82, 2.24) is 10.2 Å². The van der Waals surface area contributed by atoms with Gasteiger partial charge in [-0.25, -0.2) is 0 Å². The quantitative estimate of drug-likeness (QED) is 0.736. The highest BCUT2D eigenvalue weighted by atomic mass is 15.3. The molecule has 2 rings (SSSR count). The van der Waals surface area contributed by atoms with Crippen LogP contribution in [-0.2, 0) is 0 Å². The highest BCUT2D eigenvalue weighted by Crippen LogP contribution is 2.31. The van der Waals surface area contributed by atoms with Gasteiger partial charge in [0.25, 0.3) is 0 Å². The van der Waals surface area contributed by atoms with Crippen LogP contribution in [0.2, 0.25) is 0 Å². The molecule has 3 unspecified atom stereocenters. The molecule has 2 fully saturated rings. The van der Waals surface area contributed by atoms with E-state index < -0.39 is 0 Å². The highest BCUT2D eigenvalue weighted by molar-refractivity contribution is 4.95. The summed E-state index contributed by atoms with van der Waals surface area (Å²) >= 11 is 0. The fourth-order valence-electron chi connectivity index (χ4n) is 3.44. The fraction of sp³-hybridized carbons (Fsp3) is 1.00. The minimum Gasteiger partial charge on any atom is -0.309 e. The van der Waals surface area contributed by atoms with Crippen LogP contribution in [0.5, 0.6) is 0 Å². The van der Waals surface area contributed by atoms with Crippen molar-refractivity contribution in [3.63, 3.8) is 0 Å². The summed E-state index contributed by atoms with van der Waals surface area (Å²) in [5.74, 6) is 0.894. The molecule has 16 heavy (non-hydrogen) atoms. The van der Waals surface area contributed by atoms with Gasteiger partial charge in [0.1, 0.15) is 0 Å². The van der Waals surface area contributed by atoms with Gasteiger partial charge in [-0.2, -0.15) is 0 Å². The topological polar surface area (TPSA) is 15.3 Å². The Kier molecular flexibility index (Phi) is 3.60. The van der Waals surface area contributed by atoms with Gasteiger partial charge in [0, 0.05) is 30.7 Å². The maximum atomic E-state index is 3.65. The molecular formula is C14H28N2. The fourth-order valence-corrected chi connectivity index (χ4v) is 3.44. The highest BCUT2D eigenvalue weighted by Gasteiger charge is 2.36. The first-order chi connectivity index (χ1) is 7.49. The predicted octanol–water partition coefficient (Wildman–Crippen LogP) is 2.64. The Hall–Kier alpha value is -0.0800. The standard InChI is InChI=1S/C14H28N2/c1-11-7-5-6-8-13(11)16-10-14(3,4)15-9-12(16)2/h11-13,15H,5-10H2,1-4H3. The molecule has 0 aromatic carbocycles. The van der Waals surface area contributed by atoms with Gasteiger partial charge in [-0.1, -0.05) is 19.8 Å². The van der Waals surface area contributed by atoms with Crippen LogP contribution in [0, 0.1) is 5.92 Å². The van der Waals surface area contributed by atoms with Crippen molar-refractivity contribution in [1.29, 1.82) is 0 Å². The van der Waals surface area contributed by atoms with E-state index in [1.165, 1.54) is 32.2 Å². The van der Waals surface area contributed by atoms with Crippen molar-refractivity contribution in [3.8, 4) is 0 Å². The molecule has 2 aliphatic rings. The van der Waals surface area contributed by atoms with Crippen LogP contribution in [-0.4, -0.2) is 35.6 Å². The summed E-state index contributed by atoms with van der Waals surface area (Å²) in [6.45, 7) is 11.9. The molecule has 1 aliphatic heterocycles. The summed E-state index contributed by atoms with van der Waals surface area (Å²) in [5.41, 5.74) is 0.295. The molecule has 2 heteroatoms. The lowest BCUT2D eigenvalue weighted by atomic mass is 9.82. The molecular weight excluding hydrogens is 196 g/mol. The number of nitrogens with one attached hydrogen (secondary N) is 1. The molecule has 94 valence electrons. The Morgan fingerprint density at radius 1 is 1.12 bits per heavy atom. The van der Waals surface area contributed by atoms with E-state index in [1.54, 1.807) is 0 Å². The molecule has 0 radical (unpaired) electrons. The van der Waals surface area contributed by atoms with Gasteiger partial charge in [-0.3, -0.25) is 4.90 Å². The molecule has 0 aromatic heterocycles. The molecule has 1 saturated heterocycles. The van der Waals surface area contributed by atoms with Crippen LogP contribution in [0.25, 0.3) is 0 Å². The van der Waals surface area contributed by atoms with Crippen molar-refractivity contribution in [2.24, 2.45) is 5.92 Å².